The molecular weight excluding hydrogens is 202 g/mol. The summed E-state index contributed by atoms with van der Waals surface area (Å²) in [4.78, 5) is 11.9. The molecule has 0 atom stereocenters. The molecule has 0 aromatic carbocycles. The average Bonchev–Trinajstić information content (AvgIpc) is 2.17. The quantitative estimate of drug-likeness (QED) is 0.303. The van der Waals surface area contributed by atoms with Gasteiger partial charge in [0.25, 0.3) is 5.91 Å². The van der Waals surface area contributed by atoms with Gasteiger partial charge in [0, 0.05) is 16.9 Å². The maximum absolute atomic E-state index is 11.3. The Morgan fingerprint density at radius 1 is 1.57 bits per heavy atom. The number of carbonyl (C=O) groups excluding carboxylic acids is 1. The number of allylic oxidation sites excluding steroid dienone is 2. The smallest absolute Gasteiger partial charge is 0.257 e. The fourth-order valence-corrected chi connectivity index (χ4v) is 1.23. The summed E-state index contributed by atoms with van der Waals surface area (Å²) in [5, 5.41) is 9.01. The van der Waals surface area contributed by atoms with Crippen molar-refractivity contribution in [3.05, 3.63) is 23.8 Å². The summed E-state index contributed by atoms with van der Waals surface area (Å²) < 4.78 is 10.4. The van der Waals surface area contributed by atoms with Crippen LogP contribution in [0.2, 0.25) is 0 Å². The molecule has 5 nitrogen and oxygen atoms in total. The van der Waals surface area contributed by atoms with Gasteiger partial charge < -0.3 is 5.73 Å². The molecule has 0 aromatic heterocycles. The monoisotopic (exact) mass is 211 g/mol. The van der Waals surface area contributed by atoms with Crippen LogP contribution in [0.15, 0.2) is 23.8 Å². The highest BCUT2D eigenvalue weighted by molar-refractivity contribution is 7.66. The number of hydrogen-bond acceptors (Lipinski definition) is 3. The highest BCUT2D eigenvalue weighted by atomic mass is 32.1. The predicted molar refractivity (Wildman–Crippen MR) is 55.0 cm³/mol. The van der Waals surface area contributed by atoms with Gasteiger partial charge in [-0.2, -0.15) is 0 Å². The van der Waals surface area contributed by atoms with Crippen LogP contribution in [0.4, 0.5) is 0 Å². The van der Waals surface area contributed by atoms with E-state index < -0.39 is 11.9 Å². The highest BCUT2D eigenvalue weighted by Gasteiger charge is 2.10. The number of rotatable bonds is 1. The number of guanidine groups is 1. The Balaban J connectivity index is 2.70. The molecule has 0 radical (unpaired) electrons. The molecule has 0 heterocycles. The van der Waals surface area contributed by atoms with Crippen LogP contribution >= 0.6 is 0 Å². The highest BCUT2D eigenvalue weighted by Crippen LogP contribution is 2.07. The molecular formula is C8H9N3O2S. The molecule has 6 heteroatoms. The fraction of sp³-hybridized carbons (Fsp3) is 0.125. The number of hydrogen-bond donors (Lipinski definition) is 3. The molecule has 74 valence electrons. The first-order valence-electron chi connectivity index (χ1n) is 3.82. The fourth-order valence-electron chi connectivity index (χ4n) is 0.954. The van der Waals surface area contributed by atoms with E-state index in [-0.39, 0.29) is 0 Å². The average molecular weight is 211 g/mol. The Morgan fingerprint density at radius 2 is 2.29 bits per heavy atom. The van der Waals surface area contributed by atoms with Crippen LogP contribution in [0, 0.1) is 5.41 Å². The SMILES string of the molecule is N=C(N)NC(=O)C1=CCC(=S=O)C=C1. The zero-order valence-electron chi connectivity index (χ0n) is 7.24. The molecule has 0 saturated heterocycles. The van der Waals surface area contributed by atoms with Crippen LogP contribution in [-0.2, 0) is 16.1 Å². The summed E-state index contributed by atoms with van der Waals surface area (Å²) in [7, 11) is 0. The van der Waals surface area contributed by atoms with Crippen LogP contribution in [0.3, 0.4) is 0 Å². The second kappa shape index (κ2) is 4.52. The van der Waals surface area contributed by atoms with Gasteiger partial charge in [0.1, 0.15) is 0 Å². The lowest BCUT2D eigenvalue weighted by Gasteiger charge is -2.06. The maximum Gasteiger partial charge on any atom is 0.257 e. The topological polar surface area (TPSA) is 96.0 Å². The molecule has 0 fully saturated rings. The van der Waals surface area contributed by atoms with Gasteiger partial charge in [-0.3, -0.25) is 15.5 Å². The van der Waals surface area contributed by atoms with Crippen molar-refractivity contribution in [2.75, 3.05) is 0 Å². The van der Waals surface area contributed by atoms with E-state index in [1.165, 1.54) is 6.08 Å². The van der Waals surface area contributed by atoms with E-state index in [1.807, 2.05) is 0 Å². The third-order valence-electron chi connectivity index (χ3n) is 1.59. The standard InChI is InChI=1S/C8H9N3O2S/c9-8(10)11-7(12)5-1-3-6(14-13)4-2-5/h1-3H,4H2,(H4,9,10,11,12). The van der Waals surface area contributed by atoms with Gasteiger partial charge >= 0.3 is 0 Å². The zero-order chi connectivity index (χ0) is 10.6. The first-order valence-corrected chi connectivity index (χ1v) is 4.57. The van der Waals surface area contributed by atoms with Crippen molar-refractivity contribution in [3.8, 4) is 0 Å². The third kappa shape index (κ3) is 2.67. The van der Waals surface area contributed by atoms with E-state index in [0.29, 0.717) is 28.1 Å². The Bertz CT molecular complexity index is 391. The van der Waals surface area contributed by atoms with Crippen molar-refractivity contribution in [1.29, 1.82) is 5.41 Å². The molecule has 1 aliphatic carbocycles. The summed E-state index contributed by atoms with van der Waals surface area (Å²) in [6, 6.07) is 0. The number of amides is 1. The lowest BCUT2D eigenvalue weighted by atomic mass is 10.1. The molecule has 4 N–H and O–H groups in total. The normalized spacial score (nSPS) is 14.6. The summed E-state index contributed by atoms with van der Waals surface area (Å²) in [5.74, 6) is -0.819. The molecule has 0 saturated carbocycles. The molecule has 0 spiro atoms. The molecule has 0 bridgehead atoms. The van der Waals surface area contributed by atoms with Crippen LogP contribution in [0.25, 0.3) is 0 Å². The maximum atomic E-state index is 11.3. The van der Waals surface area contributed by atoms with Gasteiger partial charge in [-0.05, 0) is 12.2 Å². The van der Waals surface area contributed by atoms with Crippen LogP contribution in [0.1, 0.15) is 6.42 Å². The Kier molecular flexibility index (Phi) is 3.35. The zero-order valence-corrected chi connectivity index (χ0v) is 8.06. The summed E-state index contributed by atoms with van der Waals surface area (Å²) in [5.41, 5.74) is 5.41. The molecule has 0 aromatic rings. The van der Waals surface area contributed by atoms with E-state index in [1.54, 1.807) is 12.2 Å². The number of carbonyl (C=O) groups is 1. The second-order valence-electron chi connectivity index (χ2n) is 2.61. The number of nitrogens with one attached hydrogen (secondary N) is 2. The van der Waals surface area contributed by atoms with E-state index in [4.69, 9.17) is 11.1 Å². The Hall–Kier alpha value is -1.69. The Labute approximate surface area is 84.3 Å². The first-order chi connectivity index (χ1) is 6.63. The second-order valence-corrected chi connectivity index (χ2v) is 3.31. The summed E-state index contributed by atoms with van der Waals surface area (Å²) in [6.45, 7) is 0. The summed E-state index contributed by atoms with van der Waals surface area (Å²) in [6.07, 6.45) is 5.19. The van der Waals surface area contributed by atoms with Gasteiger partial charge in [0.05, 0.1) is 11.3 Å². The lowest BCUT2D eigenvalue weighted by Crippen LogP contribution is -2.36. The minimum Gasteiger partial charge on any atom is -0.370 e. The summed E-state index contributed by atoms with van der Waals surface area (Å²) >= 11 is 0.410. The minimum absolute atomic E-state index is 0.391. The van der Waals surface area contributed by atoms with Crippen molar-refractivity contribution >= 4 is 28.0 Å². The van der Waals surface area contributed by atoms with E-state index in [9.17, 15) is 9.00 Å². The third-order valence-corrected chi connectivity index (χ3v) is 2.11. The van der Waals surface area contributed by atoms with E-state index in [2.05, 4.69) is 5.32 Å². The van der Waals surface area contributed by atoms with E-state index >= 15 is 0 Å². The number of nitrogens with two attached hydrogens (primary N) is 1. The van der Waals surface area contributed by atoms with Crippen LogP contribution in [0.5, 0.6) is 0 Å². The van der Waals surface area contributed by atoms with Crippen molar-refractivity contribution in [1.82, 2.24) is 5.32 Å². The van der Waals surface area contributed by atoms with Gasteiger partial charge in [-0.25, -0.2) is 4.21 Å². The van der Waals surface area contributed by atoms with Crippen molar-refractivity contribution < 1.29 is 9.00 Å². The Morgan fingerprint density at radius 3 is 2.71 bits per heavy atom. The molecule has 1 aliphatic rings. The lowest BCUT2D eigenvalue weighted by molar-refractivity contribution is -0.115. The van der Waals surface area contributed by atoms with Crippen molar-refractivity contribution in [3.63, 3.8) is 0 Å². The predicted octanol–water partition coefficient (Wildman–Crippen LogP) is -0.732. The van der Waals surface area contributed by atoms with Crippen molar-refractivity contribution in [2.24, 2.45) is 5.73 Å². The van der Waals surface area contributed by atoms with E-state index in [0.717, 1.165) is 0 Å². The first kappa shape index (κ1) is 10.4. The molecule has 0 unspecified atom stereocenters. The largest absolute Gasteiger partial charge is 0.370 e. The van der Waals surface area contributed by atoms with Gasteiger partial charge in [0.2, 0.25) is 0 Å². The molecule has 1 rings (SSSR count). The van der Waals surface area contributed by atoms with Crippen molar-refractivity contribution in [2.45, 2.75) is 6.42 Å². The van der Waals surface area contributed by atoms with Gasteiger partial charge in [-0.15, -0.1) is 0 Å². The molecule has 0 aliphatic heterocycles. The molecule has 14 heavy (non-hydrogen) atoms. The van der Waals surface area contributed by atoms with Crippen LogP contribution in [-0.4, -0.2) is 20.9 Å². The molecule has 1 amide bonds. The van der Waals surface area contributed by atoms with Crippen LogP contribution < -0.4 is 11.1 Å². The van der Waals surface area contributed by atoms with Gasteiger partial charge in [0.15, 0.2) is 5.96 Å². The minimum atomic E-state index is -0.427. The van der Waals surface area contributed by atoms with Gasteiger partial charge in [-0.1, -0.05) is 6.08 Å².